The minimum absolute atomic E-state index is 0.201. The highest BCUT2D eigenvalue weighted by Crippen LogP contribution is 2.27. The molecule has 0 radical (unpaired) electrons. The lowest BCUT2D eigenvalue weighted by molar-refractivity contribution is -0.0638. The highest BCUT2D eigenvalue weighted by molar-refractivity contribution is 5.11. The molecule has 5 heteroatoms. The maximum absolute atomic E-state index is 5.99. The smallest absolute Gasteiger partial charge is 0.0911 e. The number of rotatable bonds is 6. The monoisotopic (exact) mass is 266 g/mol. The molecule has 19 heavy (non-hydrogen) atoms. The van der Waals surface area contributed by atoms with E-state index in [0.29, 0.717) is 6.04 Å². The Morgan fingerprint density at radius 1 is 1.47 bits per heavy atom. The maximum atomic E-state index is 5.99. The molecular weight excluding hydrogens is 240 g/mol. The number of likely N-dealkylation sites (N-methyl/N-ethyl adjacent to an activating group) is 1. The summed E-state index contributed by atoms with van der Waals surface area (Å²) in [6.07, 6.45) is 3.24. The second kappa shape index (κ2) is 7.03. The van der Waals surface area contributed by atoms with Gasteiger partial charge in [-0.1, -0.05) is 6.92 Å². The lowest BCUT2D eigenvalue weighted by atomic mass is 10.0. The molecule has 1 saturated heterocycles. The first-order valence-electron chi connectivity index (χ1n) is 7.32. The van der Waals surface area contributed by atoms with E-state index in [1.54, 1.807) is 0 Å². The van der Waals surface area contributed by atoms with Gasteiger partial charge in [0.15, 0.2) is 0 Å². The van der Waals surface area contributed by atoms with Gasteiger partial charge in [-0.15, -0.1) is 0 Å². The summed E-state index contributed by atoms with van der Waals surface area (Å²) in [6.45, 7) is 8.95. The average molecular weight is 266 g/mol. The summed E-state index contributed by atoms with van der Waals surface area (Å²) in [5.41, 5.74) is 1.26. The third-order valence-corrected chi connectivity index (χ3v) is 3.73. The molecule has 0 aliphatic carbocycles. The van der Waals surface area contributed by atoms with E-state index >= 15 is 0 Å². The Labute approximate surface area is 115 Å². The minimum Gasteiger partial charge on any atom is -0.374 e. The van der Waals surface area contributed by atoms with Crippen molar-refractivity contribution >= 4 is 0 Å². The van der Waals surface area contributed by atoms with E-state index in [9.17, 15) is 0 Å². The van der Waals surface area contributed by atoms with Crippen LogP contribution in [0.25, 0.3) is 0 Å². The van der Waals surface area contributed by atoms with Crippen LogP contribution in [-0.4, -0.2) is 54.1 Å². The van der Waals surface area contributed by atoms with E-state index < -0.39 is 0 Å². The Kier molecular flexibility index (Phi) is 5.36. The van der Waals surface area contributed by atoms with Crippen LogP contribution in [0, 0.1) is 0 Å². The van der Waals surface area contributed by atoms with Crippen molar-refractivity contribution in [1.82, 2.24) is 20.0 Å². The zero-order valence-electron chi connectivity index (χ0n) is 12.3. The molecule has 0 amide bonds. The Bertz CT molecular complexity index is 379. The molecule has 0 spiro atoms. The van der Waals surface area contributed by atoms with E-state index in [1.807, 2.05) is 6.20 Å². The summed E-state index contributed by atoms with van der Waals surface area (Å²) < 4.78 is 8.06. The average Bonchev–Trinajstić information content (AvgIpc) is 2.87. The van der Waals surface area contributed by atoms with Crippen LogP contribution in [0.15, 0.2) is 12.3 Å². The van der Waals surface area contributed by atoms with E-state index in [2.05, 4.69) is 47.0 Å². The number of nitrogens with zero attached hydrogens (tertiary/aromatic N) is 3. The van der Waals surface area contributed by atoms with Crippen molar-refractivity contribution in [2.45, 2.75) is 39.0 Å². The standard InChI is InChI=1S/C14H26N4O/c1-4-7-15-11-13-14(17(3)9-10-19-13)12-6-8-16-18(12)5-2/h6,8,13-15H,4-5,7,9-11H2,1-3H3. The molecule has 0 aromatic carbocycles. The van der Waals surface area contributed by atoms with Crippen molar-refractivity contribution in [3.63, 3.8) is 0 Å². The van der Waals surface area contributed by atoms with Gasteiger partial charge in [-0.05, 0) is 33.0 Å². The van der Waals surface area contributed by atoms with E-state index in [1.165, 1.54) is 5.69 Å². The highest BCUT2D eigenvalue weighted by atomic mass is 16.5. The molecule has 0 saturated carbocycles. The summed E-state index contributed by atoms with van der Waals surface area (Å²) in [7, 11) is 2.17. The third kappa shape index (κ3) is 3.35. The summed E-state index contributed by atoms with van der Waals surface area (Å²) in [5.74, 6) is 0. The largest absolute Gasteiger partial charge is 0.374 e. The lowest BCUT2D eigenvalue weighted by Crippen LogP contribution is -2.48. The summed E-state index contributed by atoms with van der Waals surface area (Å²) in [6, 6.07) is 2.41. The summed E-state index contributed by atoms with van der Waals surface area (Å²) in [5, 5.41) is 7.86. The second-order valence-electron chi connectivity index (χ2n) is 5.11. The Morgan fingerprint density at radius 2 is 2.32 bits per heavy atom. The minimum atomic E-state index is 0.201. The molecule has 1 aromatic rings. The fraction of sp³-hybridized carbons (Fsp3) is 0.786. The summed E-state index contributed by atoms with van der Waals surface area (Å²) in [4.78, 5) is 2.38. The molecule has 2 rings (SSSR count). The fourth-order valence-electron chi connectivity index (χ4n) is 2.73. The molecular formula is C14H26N4O. The van der Waals surface area contributed by atoms with Gasteiger partial charge in [0.25, 0.3) is 0 Å². The van der Waals surface area contributed by atoms with Crippen LogP contribution in [0.1, 0.15) is 32.0 Å². The van der Waals surface area contributed by atoms with Gasteiger partial charge in [-0.2, -0.15) is 5.10 Å². The molecule has 1 N–H and O–H groups in total. The lowest BCUT2D eigenvalue weighted by Gasteiger charge is -2.39. The SMILES string of the molecule is CCCNCC1OCCN(C)C1c1ccnn1CC. The molecule has 2 heterocycles. The predicted molar refractivity (Wildman–Crippen MR) is 76.2 cm³/mol. The van der Waals surface area contributed by atoms with Crippen LogP contribution in [0.5, 0.6) is 0 Å². The van der Waals surface area contributed by atoms with Crippen LogP contribution >= 0.6 is 0 Å². The fourth-order valence-corrected chi connectivity index (χ4v) is 2.73. The number of ether oxygens (including phenoxy) is 1. The topological polar surface area (TPSA) is 42.3 Å². The normalized spacial score (nSPS) is 24.8. The van der Waals surface area contributed by atoms with Gasteiger partial charge in [0, 0.05) is 25.8 Å². The Balaban J connectivity index is 2.11. The van der Waals surface area contributed by atoms with Crippen molar-refractivity contribution in [1.29, 1.82) is 0 Å². The molecule has 1 fully saturated rings. The first-order valence-corrected chi connectivity index (χ1v) is 7.32. The van der Waals surface area contributed by atoms with Crippen molar-refractivity contribution in [3.05, 3.63) is 18.0 Å². The third-order valence-electron chi connectivity index (χ3n) is 3.73. The number of hydrogen-bond donors (Lipinski definition) is 1. The zero-order valence-corrected chi connectivity index (χ0v) is 12.3. The van der Waals surface area contributed by atoms with E-state index in [-0.39, 0.29) is 6.10 Å². The van der Waals surface area contributed by atoms with Crippen LogP contribution < -0.4 is 5.32 Å². The van der Waals surface area contributed by atoms with Gasteiger partial charge < -0.3 is 10.1 Å². The van der Waals surface area contributed by atoms with Crippen LogP contribution in [-0.2, 0) is 11.3 Å². The van der Waals surface area contributed by atoms with Crippen molar-refractivity contribution in [2.24, 2.45) is 0 Å². The summed E-state index contributed by atoms with van der Waals surface area (Å²) >= 11 is 0. The quantitative estimate of drug-likeness (QED) is 0.788. The predicted octanol–water partition coefficient (Wildman–Crippen LogP) is 1.27. The molecule has 1 aliphatic heterocycles. The number of hydrogen-bond acceptors (Lipinski definition) is 4. The molecule has 5 nitrogen and oxygen atoms in total. The molecule has 0 bridgehead atoms. The van der Waals surface area contributed by atoms with Gasteiger partial charge >= 0.3 is 0 Å². The van der Waals surface area contributed by atoms with Crippen molar-refractivity contribution < 1.29 is 4.74 Å². The first-order chi connectivity index (χ1) is 9.27. The Hall–Kier alpha value is -0.910. The molecule has 2 atom stereocenters. The Morgan fingerprint density at radius 3 is 3.05 bits per heavy atom. The van der Waals surface area contributed by atoms with Gasteiger partial charge in [-0.3, -0.25) is 9.58 Å². The van der Waals surface area contributed by atoms with Crippen LogP contribution in [0.4, 0.5) is 0 Å². The number of aryl methyl sites for hydroxylation is 1. The molecule has 1 aliphatic rings. The van der Waals surface area contributed by atoms with Crippen LogP contribution in [0.3, 0.4) is 0 Å². The van der Waals surface area contributed by atoms with Crippen molar-refractivity contribution in [3.8, 4) is 0 Å². The van der Waals surface area contributed by atoms with Gasteiger partial charge in [0.2, 0.25) is 0 Å². The number of nitrogens with one attached hydrogen (secondary N) is 1. The van der Waals surface area contributed by atoms with Gasteiger partial charge in [0.1, 0.15) is 0 Å². The molecule has 108 valence electrons. The van der Waals surface area contributed by atoms with E-state index in [0.717, 1.165) is 39.2 Å². The second-order valence-corrected chi connectivity index (χ2v) is 5.11. The highest BCUT2D eigenvalue weighted by Gasteiger charge is 2.33. The zero-order chi connectivity index (χ0) is 13.7. The maximum Gasteiger partial charge on any atom is 0.0911 e. The molecule has 1 aromatic heterocycles. The first kappa shape index (κ1) is 14.5. The molecule has 2 unspecified atom stereocenters. The number of morpholine rings is 1. The number of aromatic nitrogens is 2. The van der Waals surface area contributed by atoms with E-state index in [4.69, 9.17) is 4.74 Å². The van der Waals surface area contributed by atoms with Gasteiger partial charge in [0.05, 0.1) is 24.4 Å². The van der Waals surface area contributed by atoms with Crippen LogP contribution in [0.2, 0.25) is 0 Å². The van der Waals surface area contributed by atoms with Crippen molar-refractivity contribution in [2.75, 3.05) is 33.3 Å². The van der Waals surface area contributed by atoms with Gasteiger partial charge in [-0.25, -0.2) is 0 Å².